The molecule has 2 aromatic heterocycles. The van der Waals surface area contributed by atoms with E-state index in [1.165, 1.54) is 0 Å². The first-order valence-corrected chi connectivity index (χ1v) is 9.48. The fourth-order valence-corrected chi connectivity index (χ4v) is 3.01. The van der Waals surface area contributed by atoms with Crippen LogP contribution in [0.15, 0.2) is 6.07 Å². The van der Waals surface area contributed by atoms with Gasteiger partial charge in [0.05, 0.1) is 22.2 Å². The van der Waals surface area contributed by atoms with Crippen LogP contribution in [0.25, 0.3) is 11.0 Å². The Kier molecular flexibility index (Phi) is 6.06. The summed E-state index contributed by atoms with van der Waals surface area (Å²) in [5, 5.41) is 11.9. The first-order valence-electron chi connectivity index (χ1n) is 9.48. The van der Waals surface area contributed by atoms with E-state index in [0.717, 1.165) is 29.0 Å². The van der Waals surface area contributed by atoms with Crippen molar-refractivity contribution >= 4 is 16.9 Å². The van der Waals surface area contributed by atoms with Gasteiger partial charge < -0.3 is 10.6 Å². The molecule has 2 aromatic rings. The number of carbonyl (C=O) groups excluding carboxylic acids is 1. The van der Waals surface area contributed by atoms with Gasteiger partial charge in [-0.05, 0) is 53.1 Å². The number of aromatic nitrogens is 3. The van der Waals surface area contributed by atoms with E-state index in [1.807, 2.05) is 17.7 Å². The minimum atomic E-state index is -0.206. The van der Waals surface area contributed by atoms with E-state index in [0.29, 0.717) is 12.1 Å². The van der Waals surface area contributed by atoms with Crippen molar-refractivity contribution in [1.82, 2.24) is 25.4 Å². The number of carbonyl (C=O) groups is 1. The second kappa shape index (κ2) is 7.74. The van der Waals surface area contributed by atoms with Gasteiger partial charge in [-0.2, -0.15) is 5.10 Å². The van der Waals surface area contributed by atoms with Gasteiger partial charge >= 0.3 is 0 Å². The molecule has 0 saturated heterocycles. The third-order valence-electron chi connectivity index (χ3n) is 4.43. The molecule has 0 spiro atoms. The van der Waals surface area contributed by atoms with Crippen molar-refractivity contribution in [2.45, 2.75) is 72.9 Å². The molecular formula is C20H33N5O. The fraction of sp³-hybridized carbons (Fsp3) is 0.650. The van der Waals surface area contributed by atoms with Crippen LogP contribution >= 0.6 is 0 Å². The number of fused-ring (bicyclic) bond motifs is 1. The summed E-state index contributed by atoms with van der Waals surface area (Å²) in [6.45, 7) is 18.0. The van der Waals surface area contributed by atoms with Crippen molar-refractivity contribution < 1.29 is 4.79 Å². The van der Waals surface area contributed by atoms with Crippen LogP contribution in [0.4, 0.5) is 0 Å². The summed E-state index contributed by atoms with van der Waals surface area (Å²) < 4.78 is 1.93. The first kappa shape index (κ1) is 20.4. The predicted molar refractivity (Wildman–Crippen MR) is 107 cm³/mol. The maximum absolute atomic E-state index is 12.9. The smallest absolute Gasteiger partial charge is 0.252 e. The van der Waals surface area contributed by atoms with Gasteiger partial charge in [-0.3, -0.25) is 4.79 Å². The van der Waals surface area contributed by atoms with Crippen LogP contribution in [0.5, 0.6) is 0 Å². The second-order valence-corrected chi connectivity index (χ2v) is 8.28. The zero-order valence-corrected chi connectivity index (χ0v) is 17.4. The Morgan fingerprint density at radius 2 is 1.92 bits per heavy atom. The zero-order chi connectivity index (χ0) is 19.6. The maximum Gasteiger partial charge on any atom is 0.252 e. The zero-order valence-electron chi connectivity index (χ0n) is 17.4. The predicted octanol–water partition coefficient (Wildman–Crippen LogP) is 3.35. The number of pyridine rings is 1. The molecule has 0 radical (unpaired) electrons. The Balaban J connectivity index is 2.54. The van der Waals surface area contributed by atoms with Crippen molar-refractivity contribution in [3.05, 3.63) is 23.0 Å². The maximum atomic E-state index is 12.9. The van der Waals surface area contributed by atoms with Gasteiger partial charge in [0.2, 0.25) is 0 Å². The Bertz CT molecular complexity index is 786. The second-order valence-electron chi connectivity index (χ2n) is 8.28. The van der Waals surface area contributed by atoms with Gasteiger partial charge in [0, 0.05) is 18.3 Å². The van der Waals surface area contributed by atoms with E-state index < -0.39 is 0 Å². The van der Waals surface area contributed by atoms with Crippen LogP contribution in [-0.2, 0) is 5.54 Å². The van der Waals surface area contributed by atoms with Crippen molar-refractivity contribution in [3.63, 3.8) is 0 Å². The number of amides is 1. The summed E-state index contributed by atoms with van der Waals surface area (Å²) in [6, 6.07) is 2.14. The van der Waals surface area contributed by atoms with Crippen molar-refractivity contribution in [2.75, 3.05) is 13.1 Å². The number of aryl methyl sites for hydroxylation is 1. The molecule has 0 fully saturated rings. The van der Waals surface area contributed by atoms with E-state index in [2.05, 4.69) is 59.1 Å². The largest absolute Gasteiger partial charge is 0.350 e. The van der Waals surface area contributed by atoms with E-state index in [9.17, 15) is 4.79 Å². The van der Waals surface area contributed by atoms with E-state index in [4.69, 9.17) is 10.1 Å². The third kappa shape index (κ3) is 4.23. The highest BCUT2D eigenvalue weighted by atomic mass is 16.1. The van der Waals surface area contributed by atoms with Gasteiger partial charge in [-0.1, -0.05) is 20.8 Å². The van der Waals surface area contributed by atoms with Crippen LogP contribution in [0.3, 0.4) is 0 Å². The van der Waals surface area contributed by atoms with Crippen LogP contribution in [0.2, 0.25) is 0 Å². The lowest BCUT2D eigenvalue weighted by molar-refractivity contribution is 0.0951. The summed E-state index contributed by atoms with van der Waals surface area (Å²) in [4.78, 5) is 17.8. The molecule has 1 atom stereocenters. The standard InChI is InChI=1S/C20H33N5O/c1-9-21-13(4)11-22-19(26)15-10-16(12(2)3)23-18-17(15)14(5)24-25(18)20(6,7)8/h10,12-13,21H,9,11H2,1-8H3,(H,22,26)/t13-/m1/s1. The minimum Gasteiger partial charge on any atom is -0.350 e. The molecule has 6 nitrogen and oxygen atoms in total. The number of likely N-dealkylation sites (N-methyl/N-ethyl adjacent to an activating group) is 1. The van der Waals surface area contributed by atoms with Gasteiger partial charge in [0.1, 0.15) is 0 Å². The van der Waals surface area contributed by atoms with Gasteiger partial charge in [-0.25, -0.2) is 9.67 Å². The summed E-state index contributed by atoms with van der Waals surface area (Å²) in [5.74, 6) is 0.163. The minimum absolute atomic E-state index is 0.0689. The number of hydrogen-bond donors (Lipinski definition) is 2. The molecule has 0 unspecified atom stereocenters. The Hall–Kier alpha value is -1.95. The number of rotatable bonds is 6. The fourth-order valence-electron chi connectivity index (χ4n) is 3.01. The molecule has 6 heteroatoms. The van der Waals surface area contributed by atoms with Gasteiger partial charge in [-0.15, -0.1) is 0 Å². The highest BCUT2D eigenvalue weighted by Gasteiger charge is 2.25. The Labute approximate surface area is 156 Å². The molecule has 2 heterocycles. The summed E-state index contributed by atoms with van der Waals surface area (Å²) >= 11 is 0. The SMILES string of the molecule is CCN[C@H](C)CNC(=O)c1cc(C(C)C)nc2c1c(C)nn2C(C)(C)C. The van der Waals surface area contributed by atoms with Crippen LogP contribution in [-0.4, -0.2) is 39.8 Å². The molecule has 0 aliphatic carbocycles. The average Bonchev–Trinajstić information content (AvgIpc) is 2.89. The van der Waals surface area contributed by atoms with E-state index in [1.54, 1.807) is 0 Å². The lowest BCUT2D eigenvalue weighted by atomic mass is 10.0. The number of nitrogens with zero attached hydrogens (tertiary/aromatic N) is 3. The third-order valence-corrected chi connectivity index (χ3v) is 4.43. The molecule has 1 amide bonds. The summed E-state index contributed by atoms with van der Waals surface area (Å²) in [5.41, 5.74) is 2.99. The molecule has 144 valence electrons. The normalized spacial score (nSPS) is 13.4. The monoisotopic (exact) mass is 359 g/mol. The number of nitrogens with one attached hydrogen (secondary N) is 2. The van der Waals surface area contributed by atoms with Crippen molar-refractivity contribution in [2.24, 2.45) is 0 Å². The highest BCUT2D eigenvalue weighted by molar-refractivity contribution is 6.06. The van der Waals surface area contributed by atoms with E-state index >= 15 is 0 Å². The molecule has 0 aromatic carbocycles. The molecule has 0 aliphatic heterocycles. The van der Waals surface area contributed by atoms with E-state index in [-0.39, 0.29) is 23.4 Å². The first-order chi connectivity index (χ1) is 12.1. The lowest BCUT2D eigenvalue weighted by Gasteiger charge is -2.20. The molecular weight excluding hydrogens is 326 g/mol. The lowest BCUT2D eigenvalue weighted by Crippen LogP contribution is -2.38. The molecule has 0 saturated carbocycles. The van der Waals surface area contributed by atoms with Crippen LogP contribution in [0.1, 0.15) is 76.1 Å². The van der Waals surface area contributed by atoms with Crippen molar-refractivity contribution in [1.29, 1.82) is 0 Å². The quantitative estimate of drug-likeness (QED) is 0.830. The van der Waals surface area contributed by atoms with Gasteiger partial charge in [0.25, 0.3) is 5.91 Å². The summed E-state index contributed by atoms with van der Waals surface area (Å²) in [6.07, 6.45) is 0. The molecule has 2 N–H and O–H groups in total. The average molecular weight is 360 g/mol. The van der Waals surface area contributed by atoms with Crippen LogP contribution in [0, 0.1) is 6.92 Å². The molecule has 26 heavy (non-hydrogen) atoms. The molecule has 0 bridgehead atoms. The van der Waals surface area contributed by atoms with Crippen molar-refractivity contribution in [3.8, 4) is 0 Å². The van der Waals surface area contributed by atoms with Crippen LogP contribution < -0.4 is 10.6 Å². The highest BCUT2D eigenvalue weighted by Crippen LogP contribution is 2.28. The molecule has 2 rings (SSSR count). The topological polar surface area (TPSA) is 71.8 Å². The van der Waals surface area contributed by atoms with Gasteiger partial charge in [0.15, 0.2) is 5.65 Å². The Morgan fingerprint density at radius 1 is 1.27 bits per heavy atom. The number of hydrogen-bond acceptors (Lipinski definition) is 4. The Morgan fingerprint density at radius 3 is 2.46 bits per heavy atom. The molecule has 0 aliphatic rings. The summed E-state index contributed by atoms with van der Waals surface area (Å²) in [7, 11) is 0.